The van der Waals surface area contributed by atoms with Crippen LogP contribution in [0.2, 0.25) is 0 Å². The number of piperidine rings is 2. The van der Waals surface area contributed by atoms with Gasteiger partial charge in [0.2, 0.25) is 5.96 Å². The van der Waals surface area contributed by atoms with Crippen LogP contribution in [0.15, 0.2) is 57.9 Å². The molecule has 2 aliphatic carbocycles. The number of ether oxygens (including phenoxy) is 1. The maximum absolute atomic E-state index is 10.8. The third-order valence-electron chi connectivity index (χ3n) is 8.38. The highest BCUT2D eigenvalue weighted by atomic mass is 16.5. The molecule has 0 aromatic heterocycles. The quantitative estimate of drug-likeness (QED) is 0.282. The van der Waals surface area contributed by atoms with Crippen molar-refractivity contribution in [3.05, 3.63) is 47.9 Å². The second kappa shape index (κ2) is 14.1. The normalized spacial score (nSPS) is 27.8. The van der Waals surface area contributed by atoms with Crippen LogP contribution in [0.1, 0.15) is 64.7 Å². The Morgan fingerprint density at radius 2 is 1.92 bits per heavy atom. The van der Waals surface area contributed by atoms with Crippen molar-refractivity contribution >= 4 is 12.7 Å². The molecule has 204 valence electrons. The Morgan fingerprint density at radius 3 is 2.54 bits per heavy atom. The Balaban J connectivity index is 1.16. The van der Waals surface area contributed by atoms with E-state index in [0.717, 1.165) is 102 Å². The summed E-state index contributed by atoms with van der Waals surface area (Å²) in [5.74, 6) is 3.01. The second-order valence-electron chi connectivity index (χ2n) is 10.9. The van der Waals surface area contributed by atoms with Crippen LogP contribution in [-0.4, -0.2) is 77.8 Å². The zero-order valence-corrected chi connectivity index (χ0v) is 22.5. The van der Waals surface area contributed by atoms with E-state index in [1.165, 1.54) is 5.57 Å². The molecule has 3 unspecified atom stereocenters. The first-order chi connectivity index (χ1) is 18.1. The van der Waals surface area contributed by atoms with Gasteiger partial charge in [-0.05, 0) is 82.6 Å². The Morgan fingerprint density at radius 1 is 1.14 bits per heavy atom. The molecule has 7 nitrogen and oxygen atoms in total. The molecular weight excluding hydrogens is 464 g/mol. The molecule has 7 heteroatoms. The van der Waals surface area contributed by atoms with E-state index >= 15 is 0 Å². The largest absolute Gasteiger partial charge is 0.494 e. The standard InChI is InChI=1S/C30H46N4O3/c1-3-4-17-32-30(31-2)34-18-13-23(14-19-34)22-37-28-11-9-25(10-12-28)24-5-7-26(8-6-24)29(36)33-20-15-27(35)16-21-33/h4-5,9,11-12,17,23,25-27,29,35-36H,2-3,6-8,10,13-16,18-22H2,1H3/b17-4+,32-30+. The highest BCUT2D eigenvalue weighted by Gasteiger charge is 2.31. The summed E-state index contributed by atoms with van der Waals surface area (Å²) < 4.78 is 6.19. The van der Waals surface area contributed by atoms with Gasteiger partial charge >= 0.3 is 0 Å². The fourth-order valence-corrected chi connectivity index (χ4v) is 5.87. The minimum atomic E-state index is -0.385. The lowest BCUT2D eigenvalue weighted by molar-refractivity contribution is -0.0679. The number of aliphatic hydroxyl groups is 2. The molecule has 37 heavy (non-hydrogen) atoms. The van der Waals surface area contributed by atoms with E-state index in [1.54, 1.807) is 0 Å². The van der Waals surface area contributed by atoms with E-state index in [0.29, 0.717) is 17.8 Å². The average molecular weight is 511 g/mol. The molecule has 0 radical (unpaired) electrons. The van der Waals surface area contributed by atoms with Crippen LogP contribution in [0.4, 0.5) is 0 Å². The monoisotopic (exact) mass is 510 g/mol. The minimum absolute atomic E-state index is 0.199. The summed E-state index contributed by atoms with van der Waals surface area (Å²) in [7, 11) is 0. The fraction of sp³-hybridized carbons (Fsp3) is 0.667. The molecule has 2 aliphatic heterocycles. The summed E-state index contributed by atoms with van der Waals surface area (Å²) in [5.41, 5.74) is 1.50. The highest BCUT2D eigenvalue weighted by molar-refractivity contribution is 5.84. The van der Waals surface area contributed by atoms with Crippen LogP contribution < -0.4 is 0 Å². The summed E-state index contributed by atoms with van der Waals surface area (Å²) >= 11 is 0. The SMILES string of the molecule is C=N/C(=N\C=C\CC)N1CCC(COC2=CCC(C3=CCC(C(O)N4CCC(O)CC4)CC3)C=C2)CC1. The van der Waals surface area contributed by atoms with E-state index < -0.39 is 0 Å². The van der Waals surface area contributed by atoms with Gasteiger partial charge in [-0.3, -0.25) is 4.90 Å². The molecule has 3 atom stereocenters. The Bertz CT molecular complexity index is 893. The zero-order valence-electron chi connectivity index (χ0n) is 22.5. The summed E-state index contributed by atoms with van der Waals surface area (Å²) in [5, 5.41) is 20.6. The number of hydrogen-bond donors (Lipinski definition) is 2. The zero-order chi connectivity index (χ0) is 26.0. The second-order valence-corrected chi connectivity index (χ2v) is 10.9. The van der Waals surface area contributed by atoms with E-state index in [9.17, 15) is 10.2 Å². The molecule has 2 fully saturated rings. The maximum Gasteiger partial charge on any atom is 0.224 e. The van der Waals surface area contributed by atoms with Crippen molar-refractivity contribution in [1.82, 2.24) is 9.80 Å². The van der Waals surface area contributed by atoms with Crippen molar-refractivity contribution in [2.24, 2.45) is 27.7 Å². The van der Waals surface area contributed by atoms with Gasteiger partial charge in [-0.2, -0.15) is 0 Å². The van der Waals surface area contributed by atoms with Crippen molar-refractivity contribution in [1.29, 1.82) is 0 Å². The van der Waals surface area contributed by atoms with Gasteiger partial charge in [-0.1, -0.05) is 30.7 Å². The molecule has 2 heterocycles. The lowest BCUT2D eigenvalue weighted by Crippen LogP contribution is -2.46. The third kappa shape index (κ3) is 7.88. The Kier molecular flexibility index (Phi) is 10.6. The topological polar surface area (TPSA) is 80.9 Å². The molecular formula is C30H46N4O3. The number of allylic oxidation sites excluding steroid dienone is 6. The van der Waals surface area contributed by atoms with Crippen LogP contribution in [0.25, 0.3) is 0 Å². The van der Waals surface area contributed by atoms with Gasteiger partial charge in [0, 0.05) is 44.2 Å². The van der Waals surface area contributed by atoms with Crippen LogP contribution >= 0.6 is 0 Å². The number of hydrogen-bond acceptors (Lipinski definition) is 5. The lowest BCUT2D eigenvalue weighted by atomic mass is 9.80. The molecule has 0 amide bonds. The maximum atomic E-state index is 10.8. The minimum Gasteiger partial charge on any atom is -0.494 e. The van der Waals surface area contributed by atoms with Crippen LogP contribution in [-0.2, 0) is 4.74 Å². The predicted octanol–water partition coefficient (Wildman–Crippen LogP) is 4.66. The first-order valence-corrected chi connectivity index (χ1v) is 14.3. The summed E-state index contributed by atoms with van der Waals surface area (Å²) in [6.07, 6.45) is 21.0. The van der Waals surface area contributed by atoms with Gasteiger partial charge in [0.1, 0.15) is 12.0 Å². The predicted molar refractivity (Wildman–Crippen MR) is 150 cm³/mol. The summed E-state index contributed by atoms with van der Waals surface area (Å²) in [6.45, 7) is 10.0. The Hall–Kier alpha value is -2.22. The number of guanidine groups is 1. The first kappa shape index (κ1) is 27.8. The van der Waals surface area contributed by atoms with Crippen LogP contribution in [0.3, 0.4) is 0 Å². The van der Waals surface area contributed by atoms with Crippen LogP contribution in [0, 0.1) is 17.8 Å². The van der Waals surface area contributed by atoms with Crippen molar-refractivity contribution in [2.45, 2.75) is 77.0 Å². The van der Waals surface area contributed by atoms with E-state index in [1.807, 2.05) is 12.3 Å². The van der Waals surface area contributed by atoms with Crippen molar-refractivity contribution in [3.63, 3.8) is 0 Å². The first-order valence-electron chi connectivity index (χ1n) is 14.3. The molecule has 2 N–H and O–H groups in total. The van der Waals surface area contributed by atoms with Crippen molar-refractivity contribution in [2.75, 3.05) is 32.8 Å². The summed E-state index contributed by atoms with van der Waals surface area (Å²) in [6, 6.07) is 0. The van der Waals surface area contributed by atoms with Gasteiger partial charge in [-0.15, -0.1) is 0 Å². The third-order valence-corrected chi connectivity index (χ3v) is 8.38. The van der Waals surface area contributed by atoms with Gasteiger partial charge < -0.3 is 19.8 Å². The van der Waals surface area contributed by atoms with Gasteiger partial charge in [0.15, 0.2) is 0 Å². The molecule has 0 spiro atoms. The van der Waals surface area contributed by atoms with E-state index in [4.69, 9.17) is 4.74 Å². The van der Waals surface area contributed by atoms with Gasteiger partial charge in [0.05, 0.1) is 12.7 Å². The molecule has 0 aromatic rings. The molecule has 4 aliphatic rings. The number of rotatable bonds is 8. The average Bonchev–Trinajstić information content (AvgIpc) is 2.95. The smallest absolute Gasteiger partial charge is 0.224 e. The number of aliphatic imine (C=N–C) groups is 2. The van der Waals surface area contributed by atoms with Crippen molar-refractivity contribution < 1.29 is 14.9 Å². The van der Waals surface area contributed by atoms with Crippen molar-refractivity contribution in [3.8, 4) is 0 Å². The van der Waals surface area contributed by atoms with Gasteiger partial charge in [0.25, 0.3) is 0 Å². The molecule has 0 aromatic carbocycles. The molecule has 0 bridgehead atoms. The number of likely N-dealkylation sites (tertiary alicyclic amines) is 2. The van der Waals surface area contributed by atoms with Gasteiger partial charge in [-0.25, -0.2) is 9.98 Å². The van der Waals surface area contributed by atoms with E-state index in [-0.39, 0.29) is 12.3 Å². The highest BCUT2D eigenvalue weighted by Crippen LogP contribution is 2.35. The molecule has 4 rings (SSSR count). The van der Waals surface area contributed by atoms with E-state index in [2.05, 4.69) is 57.7 Å². The lowest BCUT2D eigenvalue weighted by Gasteiger charge is -2.38. The number of nitrogens with zero attached hydrogens (tertiary/aromatic N) is 4. The Labute approximate surface area is 223 Å². The fourth-order valence-electron chi connectivity index (χ4n) is 5.87. The molecule has 0 saturated carbocycles. The molecule has 2 saturated heterocycles. The number of aliphatic hydroxyl groups excluding tert-OH is 2. The van der Waals surface area contributed by atoms with Crippen LogP contribution in [0.5, 0.6) is 0 Å². The summed E-state index contributed by atoms with van der Waals surface area (Å²) in [4.78, 5) is 12.9.